The van der Waals surface area contributed by atoms with E-state index in [0.717, 1.165) is 63.4 Å². The minimum atomic E-state index is -0.664. The number of esters is 1. The van der Waals surface area contributed by atoms with Crippen LogP contribution >= 0.6 is 0 Å². The standard InChI is InChI=1S/C39H54O4/c1-34(2)21-23-39(33(41)42)24-22-37(6)27(28(39)25-34)14-15-30-36(5)19-18-31(35(3,4)29(36)17-20-38(30,37)7)43-32(40)16-13-26-11-9-8-10-12-26/h8-13,16,25,27,29-31H,14-15,17-24H2,1-7H3,(H,41,42). The first-order valence-electron chi connectivity index (χ1n) is 17.0. The zero-order valence-electron chi connectivity index (χ0n) is 27.7. The molecular formula is C39H54O4. The Kier molecular flexibility index (Phi) is 7.18. The highest BCUT2D eigenvalue weighted by atomic mass is 16.5. The summed E-state index contributed by atoms with van der Waals surface area (Å²) >= 11 is 0. The van der Waals surface area contributed by atoms with Gasteiger partial charge in [-0.1, -0.05) is 90.4 Å². The molecule has 1 aromatic rings. The minimum Gasteiger partial charge on any atom is -0.481 e. The molecule has 0 aromatic heterocycles. The molecule has 0 amide bonds. The zero-order valence-corrected chi connectivity index (χ0v) is 27.7. The lowest BCUT2D eigenvalue weighted by atomic mass is 9.32. The van der Waals surface area contributed by atoms with Crippen molar-refractivity contribution in [2.75, 3.05) is 0 Å². The van der Waals surface area contributed by atoms with Gasteiger partial charge in [-0.25, -0.2) is 4.79 Å². The van der Waals surface area contributed by atoms with E-state index in [1.165, 1.54) is 12.0 Å². The molecule has 0 spiro atoms. The monoisotopic (exact) mass is 586 g/mol. The lowest BCUT2D eigenvalue weighted by Gasteiger charge is -2.72. The molecule has 4 saturated carbocycles. The molecule has 5 aliphatic rings. The Morgan fingerprint density at radius 3 is 2.19 bits per heavy atom. The number of allylic oxidation sites excluding steroid dienone is 1. The fourth-order valence-corrected chi connectivity index (χ4v) is 11.8. The molecule has 0 aliphatic heterocycles. The number of carbonyl (C=O) groups excluding carboxylic acids is 1. The van der Waals surface area contributed by atoms with Crippen molar-refractivity contribution in [3.63, 3.8) is 0 Å². The summed E-state index contributed by atoms with van der Waals surface area (Å²) < 4.78 is 6.21. The summed E-state index contributed by atoms with van der Waals surface area (Å²) in [4.78, 5) is 25.9. The van der Waals surface area contributed by atoms with E-state index in [9.17, 15) is 14.7 Å². The van der Waals surface area contributed by atoms with Crippen molar-refractivity contribution in [3.05, 3.63) is 53.6 Å². The zero-order chi connectivity index (χ0) is 31.1. The van der Waals surface area contributed by atoms with Gasteiger partial charge in [0.25, 0.3) is 0 Å². The van der Waals surface area contributed by atoms with E-state index >= 15 is 0 Å². The Hall–Kier alpha value is -2.36. The Balaban J connectivity index is 1.26. The average Bonchev–Trinajstić information content (AvgIpc) is 2.94. The smallest absolute Gasteiger partial charge is 0.331 e. The number of benzene rings is 1. The molecule has 6 rings (SSSR count). The highest BCUT2D eigenvalue weighted by Crippen LogP contribution is 2.76. The highest BCUT2D eigenvalue weighted by Gasteiger charge is 2.70. The van der Waals surface area contributed by atoms with Gasteiger partial charge in [0.1, 0.15) is 6.10 Å². The summed E-state index contributed by atoms with van der Waals surface area (Å²) in [5, 5.41) is 10.6. The van der Waals surface area contributed by atoms with E-state index in [-0.39, 0.29) is 39.1 Å². The van der Waals surface area contributed by atoms with Crippen molar-refractivity contribution in [2.24, 2.45) is 50.2 Å². The van der Waals surface area contributed by atoms with Gasteiger partial charge in [0.05, 0.1) is 5.41 Å². The fourth-order valence-electron chi connectivity index (χ4n) is 11.8. The van der Waals surface area contributed by atoms with E-state index in [4.69, 9.17) is 4.74 Å². The first-order chi connectivity index (χ1) is 20.1. The topological polar surface area (TPSA) is 63.6 Å². The number of carbonyl (C=O) groups is 2. The van der Waals surface area contributed by atoms with Gasteiger partial charge in [-0.05, 0) is 115 Å². The van der Waals surface area contributed by atoms with Gasteiger partial charge >= 0.3 is 11.9 Å². The molecule has 5 aliphatic carbocycles. The van der Waals surface area contributed by atoms with Crippen LogP contribution in [0.5, 0.6) is 0 Å². The second-order valence-corrected chi connectivity index (χ2v) is 17.1. The highest BCUT2D eigenvalue weighted by molar-refractivity contribution is 5.87. The largest absolute Gasteiger partial charge is 0.481 e. The first-order valence-corrected chi connectivity index (χ1v) is 17.0. The van der Waals surface area contributed by atoms with Gasteiger partial charge in [-0.2, -0.15) is 0 Å². The van der Waals surface area contributed by atoms with Crippen LogP contribution in [0.15, 0.2) is 48.1 Å². The van der Waals surface area contributed by atoms with Gasteiger partial charge in [0, 0.05) is 11.5 Å². The van der Waals surface area contributed by atoms with Gasteiger partial charge in [-0.15, -0.1) is 0 Å². The van der Waals surface area contributed by atoms with Crippen LogP contribution in [0, 0.1) is 50.2 Å². The predicted octanol–water partition coefficient (Wildman–Crippen LogP) is 9.50. The predicted molar refractivity (Wildman–Crippen MR) is 172 cm³/mol. The van der Waals surface area contributed by atoms with Crippen LogP contribution in [0.1, 0.15) is 118 Å². The quantitative estimate of drug-likeness (QED) is 0.217. The van der Waals surface area contributed by atoms with E-state index < -0.39 is 11.4 Å². The number of fused-ring (bicyclic) bond motifs is 7. The lowest BCUT2D eigenvalue weighted by Crippen LogP contribution is -2.66. The van der Waals surface area contributed by atoms with E-state index in [1.807, 2.05) is 36.4 Å². The molecule has 4 nitrogen and oxygen atoms in total. The second kappa shape index (κ2) is 10.1. The molecule has 0 saturated heterocycles. The Morgan fingerprint density at radius 1 is 0.791 bits per heavy atom. The maximum Gasteiger partial charge on any atom is 0.331 e. The number of rotatable bonds is 4. The van der Waals surface area contributed by atoms with Gasteiger partial charge in [-0.3, -0.25) is 4.79 Å². The summed E-state index contributed by atoms with van der Waals surface area (Å²) in [5.74, 6) is 0.584. The van der Waals surface area contributed by atoms with Gasteiger partial charge in [0.15, 0.2) is 0 Å². The van der Waals surface area contributed by atoms with E-state index in [2.05, 4.69) is 54.5 Å². The van der Waals surface area contributed by atoms with Crippen molar-refractivity contribution in [3.8, 4) is 0 Å². The molecule has 4 heteroatoms. The van der Waals surface area contributed by atoms with Crippen LogP contribution < -0.4 is 0 Å². The summed E-state index contributed by atoms with van der Waals surface area (Å²) in [6.45, 7) is 17.0. The SMILES string of the molecule is CC1(C)C=C2C3CCC4C5(C)CCC(OC(=O)C=Cc6ccccc6)C(C)(C)C5CCC4(C)C3(C)CCC2(C(=O)O)CC1. The van der Waals surface area contributed by atoms with Crippen molar-refractivity contribution in [1.82, 2.24) is 0 Å². The number of carboxylic acids is 1. The molecule has 8 atom stereocenters. The van der Waals surface area contributed by atoms with Crippen molar-refractivity contribution >= 4 is 18.0 Å². The van der Waals surface area contributed by atoms with Crippen LogP contribution in [0.3, 0.4) is 0 Å². The van der Waals surface area contributed by atoms with Crippen LogP contribution in [0.2, 0.25) is 0 Å². The number of carboxylic acid groups (broad SMARTS) is 1. The molecule has 1 N–H and O–H groups in total. The van der Waals surface area contributed by atoms with Crippen molar-refractivity contribution in [1.29, 1.82) is 0 Å². The summed E-state index contributed by atoms with van der Waals surface area (Å²) in [6, 6.07) is 9.92. The Bertz CT molecular complexity index is 1340. The third-order valence-electron chi connectivity index (χ3n) is 14.4. The van der Waals surface area contributed by atoms with E-state index in [0.29, 0.717) is 17.8 Å². The number of aliphatic carboxylic acids is 1. The van der Waals surface area contributed by atoms with Crippen LogP contribution in [0.4, 0.5) is 0 Å². The maximum absolute atomic E-state index is 13.0. The molecule has 234 valence electrons. The summed E-state index contributed by atoms with van der Waals surface area (Å²) in [7, 11) is 0. The molecule has 1 aromatic carbocycles. The minimum absolute atomic E-state index is 0.0596. The summed E-state index contributed by atoms with van der Waals surface area (Å²) in [5.41, 5.74) is 1.99. The molecule has 4 fully saturated rings. The summed E-state index contributed by atoms with van der Waals surface area (Å²) in [6.07, 6.45) is 15.8. The third kappa shape index (κ3) is 4.51. The third-order valence-corrected chi connectivity index (χ3v) is 14.4. The molecular weight excluding hydrogens is 532 g/mol. The normalized spacial score (nSPS) is 42.9. The fraction of sp³-hybridized carbons (Fsp3) is 0.692. The first kappa shape index (κ1) is 30.7. The van der Waals surface area contributed by atoms with Crippen LogP contribution in [-0.2, 0) is 14.3 Å². The van der Waals surface area contributed by atoms with Crippen molar-refractivity contribution < 1.29 is 19.4 Å². The lowest BCUT2D eigenvalue weighted by molar-refractivity contribution is -0.233. The van der Waals surface area contributed by atoms with E-state index in [1.54, 1.807) is 6.08 Å². The van der Waals surface area contributed by atoms with Gasteiger partial charge in [0.2, 0.25) is 0 Å². The molecule has 0 bridgehead atoms. The molecule has 0 heterocycles. The number of hydrogen-bond donors (Lipinski definition) is 1. The Labute approximate surface area is 259 Å². The van der Waals surface area contributed by atoms with Crippen molar-refractivity contribution in [2.45, 2.75) is 119 Å². The average molecular weight is 587 g/mol. The van der Waals surface area contributed by atoms with Crippen LogP contribution in [0.25, 0.3) is 6.08 Å². The maximum atomic E-state index is 13.0. The van der Waals surface area contributed by atoms with Gasteiger partial charge < -0.3 is 9.84 Å². The van der Waals surface area contributed by atoms with Crippen LogP contribution in [-0.4, -0.2) is 23.1 Å². The molecule has 43 heavy (non-hydrogen) atoms. The number of ether oxygens (including phenoxy) is 1. The molecule has 0 radical (unpaired) electrons. The Morgan fingerprint density at radius 2 is 1.49 bits per heavy atom. The second-order valence-electron chi connectivity index (χ2n) is 17.1. The molecule has 8 unspecified atom stereocenters. The number of hydrogen-bond acceptors (Lipinski definition) is 3.